The third-order valence-corrected chi connectivity index (χ3v) is 8.22. The minimum atomic E-state index is -2.69. The number of carbonyl (C=O) groups is 4. The summed E-state index contributed by atoms with van der Waals surface area (Å²) in [5, 5.41) is 44.7. The molecule has 4 unspecified atom stereocenters. The largest absolute Gasteiger partial charge is 0.508 e. The molecule has 0 bridgehead atoms. The summed E-state index contributed by atoms with van der Waals surface area (Å²) in [6.07, 6.45) is 0.138. The fourth-order valence-corrected chi connectivity index (χ4v) is 6.42. The Hall–Kier alpha value is -4.48. The Labute approximate surface area is 228 Å². The van der Waals surface area contributed by atoms with Crippen molar-refractivity contribution in [3.8, 4) is 16.9 Å². The van der Waals surface area contributed by atoms with Crippen molar-refractivity contribution in [3.63, 3.8) is 0 Å². The lowest BCUT2D eigenvalue weighted by Gasteiger charge is -2.50. The summed E-state index contributed by atoms with van der Waals surface area (Å²) in [7, 11) is 4.36. The molecule has 1 fully saturated rings. The standard InChI is InChI=1S/C29H28N2O9/c1-31(2)22-17-11-14-10-16-15(12-4-6-13(7-5-12)28(38)40-3)8-9-18(32)20(16)23(33)19(14)25(35)29(17,39)26(36)21(24(22)34)27(30)37/h4-9,14,17,22,32-33,36,39H,10-11H2,1-3H3,(H2,30,37). The average Bonchev–Trinajstić information content (AvgIpc) is 2.90. The number of fused-ring (bicyclic) bond motifs is 3. The van der Waals surface area contributed by atoms with Crippen LogP contribution in [-0.2, 0) is 25.5 Å². The number of phenols is 1. The van der Waals surface area contributed by atoms with Crippen LogP contribution in [0.3, 0.4) is 0 Å². The number of hydrogen-bond donors (Lipinski definition) is 5. The van der Waals surface area contributed by atoms with Gasteiger partial charge in [0.2, 0.25) is 5.78 Å². The quantitative estimate of drug-likeness (QED) is 0.276. The van der Waals surface area contributed by atoms with Crippen molar-refractivity contribution in [2.24, 2.45) is 17.6 Å². The number of aromatic hydroxyl groups is 1. The van der Waals surface area contributed by atoms with Crippen molar-refractivity contribution in [1.82, 2.24) is 4.90 Å². The van der Waals surface area contributed by atoms with Gasteiger partial charge in [0.1, 0.15) is 22.8 Å². The van der Waals surface area contributed by atoms with Crippen LogP contribution in [0.25, 0.3) is 16.9 Å². The van der Waals surface area contributed by atoms with Gasteiger partial charge < -0.3 is 30.9 Å². The van der Waals surface area contributed by atoms with E-state index in [1.54, 1.807) is 44.4 Å². The fraction of sp³-hybridized carbons (Fsp3) is 0.310. The van der Waals surface area contributed by atoms with Crippen LogP contribution in [0, 0.1) is 11.8 Å². The third kappa shape index (κ3) is 3.65. The van der Waals surface area contributed by atoms with E-state index in [4.69, 9.17) is 10.5 Å². The van der Waals surface area contributed by atoms with Crippen molar-refractivity contribution in [1.29, 1.82) is 0 Å². The maximum Gasteiger partial charge on any atom is 0.337 e. The van der Waals surface area contributed by atoms with E-state index in [0.29, 0.717) is 22.3 Å². The van der Waals surface area contributed by atoms with Crippen LogP contribution >= 0.6 is 0 Å². The highest BCUT2D eigenvalue weighted by atomic mass is 16.5. The number of aliphatic hydroxyl groups is 3. The van der Waals surface area contributed by atoms with E-state index in [2.05, 4.69) is 0 Å². The van der Waals surface area contributed by atoms with E-state index < -0.39 is 64.0 Å². The summed E-state index contributed by atoms with van der Waals surface area (Å²) >= 11 is 0. The molecule has 2 aromatic rings. The first-order valence-corrected chi connectivity index (χ1v) is 12.5. The molecule has 4 atom stereocenters. The number of ketones is 2. The Balaban J connectivity index is 1.69. The molecule has 2 aromatic carbocycles. The van der Waals surface area contributed by atoms with Crippen molar-refractivity contribution in [2.45, 2.75) is 24.5 Å². The van der Waals surface area contributed by atoms with Gasteiger partial charge in [0.05, 0.1) is 24.3 Å². The van der Waals surface area contributed by atoms with Crippen molar-refractivity contribution in [3.05, 3.63) is 70.0 Å². The van der Waals surface area contributed by atoms with Crippen molar-refractivity contribution < 1.29 is 44.3 Å². The molecule has 40 heavy (non-hydrogen) atoms. The van der Waals surface area contributed by atoms with Crippen LogP contribution in [0.15, 0.2) is 53.3 Å². The molecule has 3 aliphatic carbocycles. The summed E-state index contributed by atoms with van der Waals surface area (Å²) in [5.74, 6) is -7.54. The zero-order valence-electron chi connectivity index (χ0n) is 22.0. The van der Waals surface area contributed by atoms with Gasteiger partial charge in [-0.15, -0.1) is 0 Å². The molecule has 0 heterocycles. The number of hydrogen-bond acceptors (Lipinski definition) is 10. The number of ether oxygens (including phenoxy) is 1. The number of primary amides is 1. The third-order valence-electron chi connectivity index (χ3n) is 8.22. The number of likely N-dealkylation sites (N-methyl/N-ethyl adjacent to an activating group) is 1. The smallest absolute Gasteiger partial charge is 0.337 e. The van der Waals surface area contributed by atoms with Gasteiger partial charge >= 0.3 is 5.97 Å². The number of carbonyl (C=O) groups excluding carboxylic acids is 4. The Morgan fingerprint density at radius 3 is 2.27 bits per heavy atom. The van der Waals surface area contributed by atoms with Crippen LogP contribution in [-0.4, -0.2) is 81.6 Å². The van der Waals surface area contributed by atoms with Gasteiger partial charge in [-0.2, -0.15) is 0 Å². The molecule has 0 aromatic heterocycles. The van der Waals surface area contributed by atoms with Crippen LogP contribution in [0.2, 0.25) is 0 Å². The van der Waals surface area contributed by atoms with Gasteiger partial charge in [0, 0.05) is 11.5 Å². The Morgan fingerprint density at radius 2 is 1.70 bits per heavy atom. The highest BCUT2D eigenvalue weighted by Gasteiger charge is 2.64. The molecule has 208 valence electrons. The maximum absolute atomic E-state index is 13.9. The van der Waals surface area contributed by atoms with E-state index in [9.17, 15) is 39.6 Å². The molecule has 5 rings (SSSR count). The summed E-state index contributed by atoms with van der Waals surface area (Å²) in [6.45, 7) is 0. The molecule has 0 radical (unpaired) electrons. The predicted octanol–water partition coefficient (Wildman–Crippen LogP) is 1.42. The number of methoxy groups -OCH3 is 1. The van der Waals surface area contributed by atoms with Crippen LogP contribution in [0.1, 0.15) is 27.9 Å². The first-order chi connectivity index (χ1) is 18.8. The van der Waals surface area contributed by atoms with E-state index in [1.165, 1.54) is 18.1 Å². The highest BCUT2D eigenvalue weighted by Crippen LogP contribution is 2.53. The molecule has 0 aliphatic heterocycles. The zero-order valence-corrected chi connectivity index (χ0v) is 22.0. The number of Topliss-reactive ketones (excluding diaryl/α,β-unsaturated/α-hetero) is 2. The molecule has 6 N–H and O–H groups in total. The van der Waals surface area contributed by atoms with Crippen LogP contribution < -0.4 is 5.73 Å². The normalized spacial score (nSPS) is 25.9. The fourth-order valence-electron chi connectivity index (χ4n) is 6.42. The van der Waals surface area contributed by atoms with Crippen LogP contribution in [0.5, 0.6) is 5.75 Å². The molecular weight excluding hydrogens is 520 g/mol. The number of amides is 1. The Morgan fingerprint density at radius 1 is 1.05 bits per heavy atom. The number of phenolic OH excluding ortho intramolecular Hbond substituents is 1. The predicted molar refractivity (Wildman–Crippen MR) is 141 cm³/mol. The number of rotatable bonds is 4. The first-order valence-electron chi connectivity index (χ1n) is 12.5. The first kappa shape index (κ1) is 27.1. The van der Waals surface area contributed by atoms with Crippen LogP contribution in [0.4, 0.5) is 0 Å². The second-order valence-corrected chi connectivity index (χ2v) is 10.5. The van der Waals surface area contributed by atoms with E-state index in [1.807, 2.05) is 0 Å². The maximum atomic E-state index is 13.9. The van der Waals surface area contributed by atoms with E-state index >= 15 is 0 Å². The number of benzene rings is 2. The minimum absolute atomic E-state index is 0.00849. The number of aliphatic hydroxyl groups excluding tert-OH is 2. The summed E-state index contributed by atoms with van der Waals surface area (Å²) in [5.41, 5.74) is 3.72. The number of nitrogens with two attached hydrogens (primary N) is 1. The summed E-state index contributed by atoms with van der Waals surface area (Å²) < 4.78 is 4.75. The van der Waals surface area contributed by atoms with Gasteiger partial charge in [0.15, 0.2) is 11.4 Å². The molecular formula is C29H28N2O9. The Bertz CT molecular complexity index is 1550. The number of nitrogens with zero attached hydrogens (tertiary/aromatic N) is 1. The zero-order chi connectivity index (χ0) is 29.3. The molecule has 11 heteroatoms. The molecule has 1 saturated carbocycles. The summed E-state index contributed by atoms with van der Waals surface area (Å²) in [4.78, 5) is 52.5. The average molecular weight is 549 g/mol. The van der Waals surface area contributed by atoms with Crippen molar-refractivity contribution in [2.75, 3.05) is 21.2 Å². The number of esters is 1. The van der Waals surface area contributed by atoms with E-state index in [0.717, 1.165) is 0 Å². The van der Waals surface area contributed by atoms with Gasteiger partial charge in [-0.1, -0.05) is 18.2 Å². The second-order valence-electron chi connectivity index (χ2n) is 10.5. The monoisotopic (exact) mass is 548 g/mol. The van der Waals surface area contributed by atoms with Gasteiger partial charge in [-0.25, -0.2) is 4.79 Å². The lowest BCUT2D eigenvalue weighted by atomic mass is 9.57. The summed E-state index contributed by atoms with van der Waals surface area (Å²) in [6, 6.07) is 8.39. The van der Waals surface area contributed by atoms with Gasteiger partial charge in [-0.3, -0.25) is 19.3 Å². The molecule has 11 nitrogen and oxygen atoms in total. The second kappa shape index (κ2) is 9.32. The molecule has 0 saturated heterocycles. The van der Waals surface area contributed by atoms with Gasteiger partial charge in [-0.05, 0) is 67.7 Å². The van der Waals surface area contributed by atoms with E-state index in [-0.39, 0.29) is 29.7 Å². The lowest BCUT2D eigenvalue weighted by Crippen LogP contribution is -2.65. The molecule has 0 spiro atoms. The molecule has 1 amide bonds. The SMILES string of the molecule is COC(=O)c1ccc(-c2ccc(O)c3c2CC2CC4C(N(C)C)C(=O)C(C(N)=O)=C(O)C4(O)C(=O)C2=C3O)cc1. The van der Waals surface area contributed by atoms with Gasteiger partial charge in [0.25, 0.3) is 5.91 Å². The van der Waals surface area contributed by atoms with Crippen molar-refractivity contribution >= 4 is 29.2 Å². The molecule has 3 aliphatic rings. The topological polar surface area (TPSA) is 188 Å². The Kier molecular flexibility index (Phi) is 6.31. The minimum Gasteiger partial charge on any atom is -0.508 e. The highest BCUT2D eigenvalue weighted by molar-refractivity contribution is 6.24. The lowest BCUT2D eigenvalue weighted by molar-refractivity contribution is -0.153.